The Labute approximate surface area is 119 Å². The Kier molecular flexibility index (Phi) is 4.51. The summed E-state index contributed by atoms with van der Waals surface area (Å²) >= 11 is 0. The first-order chi connectivity index (χ1) is 9.82. The molecule has 1 aromatic rings. The highest BCUT2D eigenvalue weighted by atomic mass is 19.4. The standard InChI is InChI=1S/C14H15F4NO2/c15-12-2-1-10(7-11(12)14(16,17)18)13(21)19-5-3-9(8-19)4-6-20/h1-2,7,9,20H,3-6,8H2. The predicted octanol–water partition coefficient (Wildman–Crippen LogP) is 2.69. The van der Waals surface area contributed by atoms with Crippen molar-refractivity contribution in [1.29, 1.82) is 0 Å². The van der Waals surface area contributed by atoms with Crippen LogP contribution >= 0.6 is 0 Å². The number of aliphatic hydroxyl groups is 1. The second-order valence-electron chi connectivity index (χ2n) is 5.11. The molecule has 2 rings (SSSR count). The third-order valence-corrected chi connectivity index (χ3v) is 3.63. The molecule has 1 aliphatic rings. The number of likely N-dealkylation sites (tertiary alicyclic amines) is 1. The van der Waals surface area contributed by atoms with Crippen LogP contribution in [0.2, 0.25) is 0 Å². The summed E-state index contributed by atoms with van der Waals surface area (Å²) in [6.07, 6.45) is -3.56. The molecule has 1 unspecified atom stereocenters. The minimum atomic E-state index is -4.83. The summed E-state index contributed by atoms with van der Waals surface area (Å²) in [6.45, 7) is 0.849. The van der Waals surface area contributed by atoms with Gasteiger partial charge < -0.3 is 10.0 Å². The van der Waals surface area contributed by atoms with Crippen LogP contribution in [0.1, 0.15) is 28.8 Å². The number of alkyl halides is 3. The van der Waals surface area contributed by atoms with Gasteiger partial charge >= 0.3 is 6.18 Å². The molecule has 1 aromatic carbocycles. The van der Waals surface area contributed by atoms with E-state index in [0.717, 1.165) is 6.07 Å². The smallest absolute Gasteiger partial charge is 0.396 e. The van der Waals surface area contributed by atoms with E-state index in [4.69, 9.17) is 5.11 Å². The van der Waals surface area contributed by atoms with Gasteiger partial charge in [-0.2, -0.15) is 13.2 Å². The fourth-order valence-electron chi connectivity index (χ4n) is 2.49. The second-order valence-corrected chi connectivity index (χ2v) is 5.11. The van der Waals surface area contributed by atoms with Crippen LogP contribution < -0.4 is 0 Å². The van der Waals surface area contributed by atoms with Crippen molar-refractivity contribution in [2.75, 3.05) is 19.7 Å². The summed E-state index contributed by atoms with van der Waals surface area (Å²) in [4.78, 5) is 13.6. The van der Waals surface area contributed by atoms with Gasteiger partial charge in [0.15, 0.2) is 0 Å². The predicted molar refractivity (Wildman–Crippen MR) is 67.1 cm³/mol. The third-order valence-electron chi connectivity index (χ3n) is 3.63. The first kappa shape index (κ1) is 15.8. The van der Waals surface area contributed by atoms with Crippen molar-refractivity contribution in [2.24, 2.45) is 5.92 Å². The summed E-state index contributed by atoms with van der Waals surface area (Å²) < 4.78 is 51.1. The summed E-state index contributed by atoms with van der Waals surface area (Å²) in [6, 6.07) is 2.28. The Morgan fingerprint density at radius 2 is 2.10 bits per heavy atom. The van der Waals surface area contributed by atoms with Crippen molar-refractivity contribution in [2.45, 2.75) is 19.0 Å². The highest BCUT2D eigenvalue weighted by Crippen LogP contribution is 2.32. The number of hydrogen-bond acceptors (Lipinski definition) is 2. The van der Waals surface area contributed by atoms with Crippen LogP contribution in [0.5, 0.6) is 0 Å². The first-order valence-electron chi connectivity index (χ1n) is 6.60. The summed E-state index contributed by atoms with van der Waals surface area (Å²) in [5, 5.41) is 8.85. The Hall–Kier alpha value is -1.63. The summed E-state index contributed by atoms with van der Waals surface area (Å²) in [7, 11) is 0. The van der Waals surface area contributed by atoms with Crippen LogP contribution in [-0.2, 0) is 6.18 Å². The van der Waals surface area contributed by atoms with Crippen molar-refractivity contribution in [3.63, 3.8) is 0 Å². The fraction of sp³-hybridized carbons (Fsp3) is 0.500. The molecule has 116 valence electrons. The lowest BCUT2D eigenvalue weighted by Gasteiger charge is -2.17. The zero-order valence-electron chi connectivity index (χ0n) is 11.2. The van der Waals surface area contributed by atoms with E-state index < -0.39 is 23.5 Å². The lowest BCUT2D eigenvalue weighted by Crippen LogP contribution is -2.29. The normalized spacial score (nSPS) is 19.1. The van der Waals surface area contributed by atoms with Crippen LogP contribution in [0.25, 0.3) is 0 Å². The molecule has 0 aliphatic carbocycles. The van der Waals surface area contributed by atoms with Crippen LogP contribution in [-0.4, -0.2) is 35.6 Å². The molecule has 21 heavy (non-hydrogen) atoms. The molecule has 1 fully saturated rings. The third kappa shape index (κ3) is 3.53. The maximum absolute atomic E-state index is 13.2. The van der Waals surface area contributed by atoms with Crippen molar-refractivity contribution < 1.29 is 27.5 Å². The highest BCUT2D eigenvalue weighted by molar-refractivity contribution is 5.94. The van der Waals surface area contributed by atoms with Gasteiger partial charge in [-0.25, -0.2) is 4.39 Å². The van der Waals surface area contributed by atoms with Crippen LogP contribution in [0.15, 0.2) is 18.2 Å². The van der Waals surface area contributed by atoms with Gasteiger partial charge in [0.1, 0.15) is 5.82 Å². The molecule has 0 aromatic heterocycles. The number of benzene rings is 1. The number of hydrogen-bond donors (Lipinski definition) is 1. The van der Waals surface area contributed by atoms with Gasteiger partial charge in [0.05, 0.1) is 5.56 Å². The molecule has 1 N–H and O–H groups in total. The first-order valence-corrected chi connectivity index (χ1v) is 6.60. The van der Waals surface area contributed by atoms with E-state index in [0.29, 0.717) is 38.1 Å². The molecule has 0 saturated carbocycles. The van der Waals surface area contributed by atoms with E-state index >= 15 is 0 Å². The van der Waals surface area contributed by atoms with Crippen molar-refractivity contribution in [3.05, 3.63) is 35.1 Å². The molecule has 3 nitrogen and oxygen atoms in total. The van der Waals surface area contributed by atoms with E-state index in [9.17, 15) is 22.4 Å². The Balaban J connectivity index is 2.17. The molecule has 0 radical (unpaired) electrons. The molecule has 0 spiro atoms. The number of rotatable bonds is 3. The summed E-state index contributed by atoms with van der Waals surface area (Å²) in [5.74, 6) is -1.78. The van der Waals surface area contributed by atoms with Crippen molar-refractivity contribution in [3.8, 4) is 0 Å². The average molecular weight is 305 g/mol. The van der Waals surface area contributed by atoms with Crippen LogP contribution in [0.3, 0.4) is 0 Å². The second kappa shape index (κ2) is 6.01. The van der Waals surface area contributed by atoms with Crippen molar-refractivity contribution >= 4 is 5.91 Å². The van der Waals surface area contributed by atoms with E-state index in [1.807, 2.05) is 0 Å². The zero-order chi connectivity index (χ0) is 15.6. The van der Waals surface area contributed by atoms with Gasteiger partial charge in [-0.05, 0) is 37.0 Å². The molecule has 0 bridgehead atoms. The van der Waals surface area contributed by atoms with E-state index in [-0.39, 0.29) is 18.1 Å². The Morgan fingerprint density at radius 1 is 1.38 bits per heavy atom. The quantitative estimate of drug-likeness (QED) is 0.872. The van der Waals surface area contributed by atoms with E-state index in [1.54, 1.807) is 0 Å². The van der Waals surface area contributed by atoms with Crippen molar-refractivity contribution in [1.82, 2.24) is 4.90 Å². The summed E-state index contributed by atoms with van der Waals surface area (Å²) in [5.41, 5.74) is -1.60. The van der Waals surface area contributed by atoms with Gasteiger partial charge in [0, 0.05) is 25.3 Å². The molecule has 1 saturated heterocycles. The van der Waals surface area contributed by atoms with Gasteiger partial charge in [0.2, 0.25) is 0 Å². The molecule has 1 atom stereocenters. The van der Waals surface area contributed by atoms with E-state index in [2.05, 4.69) is 0 Å². The molecule has 1 aliphatic heterocycles. The maximum Gasteiger partial charge on any atom is 0.419 e. The number of carbonyl (C=O) groups excluding carboxylic acids is 1. The Bertz CT molecular complexity index is 530. The van der Waals surface area contributed by atoms with Crippen LogP contribution in [0.4, 0.5) is 17.6 Å². The topological polar surface area (TPSA) is 40.5 Å². The van der Waals surface area contributed by atoms with Gasteiger partial charge in [-0.3, -0.25) is 4.79 Å². The largest absolute Gasteiger partial charge is 0.419 e. The SMILES string of the molecule is O=C(c1ccc(F)c(C(F)(F)F)c1)N1CCC(CCO)C1. The minimum Gasteiger partial charge on any atom is -0.396 e. The minimum absolute atomic E-state index is 0.0153. The number of amides is 1. The van der Waals surface area contributed by atoms with Gasteiger partial charge in [0.25, 0.3) is 5.91 Å². The fourth-order valence-corrected chi connectivity index (χ4v) is 2.49. The molecule has 7 heteroatoms. The van der Waals surface area contributed by atoms with Gasteiger partial charge in [-0.15, -0.1) is 0 Å². The number of nitrogens with zero attached hydrogens (tertiary/aromatic N) is 1. The highest BCUT2D eigenvalue weighted by Gasteiger charge is 2.35. The lowest BCUT2D eigenvalue weighted by molar-refractivity contribution is -0.140. The average Bonchev–Trinajstić information content (AvgIpc) is 2.86. The maximum atomic E-state index is 13.2. The van der Waals surface area contributed by atoms with Crippen LogP contribution in [0, 0.1) is 11.7 Å². The number of aliphatic hydroxyl groups excluding tert-OH is 1. The molecular weight excluding hydrogens is 290 g/mol. The molecule has 1 amide bonds. The Morgan fingerprint density at radius 3 is 2.71 bits per heavy atom. The monoisotopic (exact) mass is 305 g/mol. The van der Waals surface area contributed by atoms with Gasteiger partial charge in [-0.1, -0.05) is 0 Å². The lowest BCUT2D eigenvalue weighted by atomic mass is 10.1. The molecular formula is C14H15F4NO2. The number of halogens is 4. The molecule has 1 heterocycles. The van der Waals surface area contributed by atoms with E-state index in [1.165, 1.54) is 4.90 Å². The number of carbonyl (C=O) groups is 1. The zero-order valence-corrected chi connectivity index (χ0v) is 11.2.